The molecule has 2 nitrogen and oxygen atoms in total. The molecule has 1 aromatic rings. The molecule has 2 heteroatoms. The van der Waals surface area contributed by atoms with E-state index in [9.17, 15) is 0 Å². The van der Waals surface area contributed by atoms with E-state index in [0.717, 1.165) is 17.2 Å². The van der Waals surface area contributed by atoms with Crippen molar-refractivity contribution in [3.63, 3.8) is 0 Å². The van der Waals surface area contributed by atoms with Crippen molar-refractivity contribution in [2.24, 2.45) is 5.92 Å². The lowest BCUT2D eigenvalue weighted by Crippen LogP contribution is -2.19. The van der Waals surface area contributed by atoms with Crippen LogP contribution in [0, 0.1) is 12.8 Å². The summed E-state index contributed by atoms with van der Waals surface area (Å²) in [6, 6.07) is 6.83. The maximum atomic E-state index is 5.81. The zero-order valence-electron chi connectivity index (χ0n) is 10.3. The summed E-state index contributed by atoms with van der Waals surface area (Å²) in [6.07, 6.45) is 5.37. The Morgan fingerprint density at radius 1 is 1.44 bits per heavy atom. The van der Waals surface area contributed by atoms with Crippen LogP contribution in [-0.2, 0) is 0 Å². The Labute approximate surface area is 98.2 Å². The molecule has 88 valence electrons. The van der Waals surface area contributed by atoms with Crippen LogP contribution in [0.4, 0.5) is 11.4 Å². The number of aryl methyl sites for hydroxylation is 1. The van der Waals surface area contributed by atoms with Crippen molar-refractivity contribution in [1.82, 2.24) is 0 Å². The number of benzene rings is 1. The van der Waals surface area contributed by atoms with E-state index in [1.807, 2.05) is 6.07 Å². The maximum absolute atomic E-state index is 5.81. The molecule has 3 N–H and O–H groups in total. The molecular formula is C14H22N2. The normalized spacial score (nSPS) is 17.1. The van der Waals surface area contributed by atoms with Crippen molar-refractivity contribution in [1.29, 1.82) is 0 Å². The van der Waals surface area contributed by atoms with Crippen molar-refractivity contribution in [2.75, 3.05) is 11.1 Å². The molecule has 0 bridgehead atoms. The van der Waals surface area contributed by atoms with Crippen molar-refractivity contribution in [3.8, 4) is 0 Å². The van der Waals surface area contributed by atoms with Gasteiger partial charge in [0.25, 0.3) is 0 Å². The molecule has 1 aliphatic rings. The highest BCUT2D eigenvalue weighted by atomic mass is 14.9. The van der Waals surface area contributed by atoms with Gasteiger partial charge in [-0.15, -0.1) is 0 Å². The summed E-state index contributed by atoms with van der Waals surface area (Å²) in [4.78, 5) is 0. The average molecular weight is 218 g/mol. The number of hydrogen-bond donors (Lipinski definition) is 2. The van der Waals surface area contributed by atoms with Crippen molar-refractivity contribution in [2.45, 2.75) is 45.6 Å². The van der Waals surface area contributed by atoms with E-state index >= 15 is 0 Å². The number of nitrogen functional groups attached to an aromatic ring is 1. The summed E-state index contributed by atoms with van der Waals surface area (Å²) in [5.41, 5.74) is 9.06. The molecule has 0 amide bonds. The highest BCUT2D eigenvalue weighted by molar-refractivity contribution is 5.57. The Hall–Kier alpha value is -1.18. The lowest BCUT2D eigenvalue weighted by Gasteiger charge is -2.18. The zero-order valence-corrected chi connectivity index (χ0v) is 10.3. The number of rotatable bonds is 5. The van der Waals surface area contributed by atoms with Gasteiger partial charge in [0.1, 0.15) is 0 Å². The van der Waals surface area contributed by atoms with Gasteiger partial charge in [0.2, 0.25) is 0 Å². The Balaban J connectivity index is 1.97. The first-order chi connectivity index (χ1) is 7.69. The minimum Gasteiger partial charge on any atom is -0.399 e. The molecule has 2 rings (SSSR count). The highest BCUT2D eigenvalue weighted by Gasteiger charge is 2.24. The molecule has 1 saturated carbocycles. The molecule has 1 atom stereocenters. The van der Waals surface area contributed by atoms with Crippen molar-refractivity contribution in [3.05, 3.63) is 23.8 Å². The summed E-state index contributed by atoms with van der Waals surface area (Å²) >= 11 is 0. The van der Waals surface area contributed by atoms with E-state index in [-0.39, 0.29) is 0 Å². The Bertz CT molecular complexity index is 356. The zero-order chi connectivity index (χ0) is 11.5. The second kappa shape index (κ2) is 4.77. The van der Waals surface area contributed by atoms with Crippen LogP contribution in [0.25, 0.3) is 0 Å². The van der Waals surface area contributed by atoms with Gasteiger partial charge in [0.15, 0.2) is 0 Å². The number of anilines is 2. The highest BCUT2D eigenvalue weighted by Crippen LogP contribution is 2.34. The first-order valence-electron chi connectivity index (χ1n) is 6.31. The van der Waals surface area contributed by atoms with Gasteiger partial charge in [0, 0.05) is 17.4 Å². The summed E-state index contributed by atoms with van der Waals surface area (Å²) in [6.45, 7) is 4.31. The molecule has 0 heterocycles. The van der Waals surface area contributed by atoms with E-state index < -0.39 is 0 Å². The van der Waals surface area contributed by atoms with Gasteiger partial charge in [-0.25, -0.2) is 0 Å². The summed E-state index contributed by atoms with van der Waals surface area (Å²) in [5.74, 6) is 0.979. The molecule has 0 aliphatic heterocycles. The average Bonchev–Trinajstić information content (AvgIpc) is 3.06. The Kier molecular flexibility index (Phi) is 3.37. The first-order valence-corrected chi connectivity index (χ1v) is 6.31. The Morgan fingerprint density at radius 2 is 2.19 bits per heavy atom. The van der Waals surface area contributed by atoms with Crippen LogP contribution < -0.4 is 11.1 Å². The number of nitrogens with one attached hydrogen (secondary N) is 1. The minimum atomic E-state index is 0.621. The van der Waals surface area contributed by atoms with Gasteiger partial charge >= 0.3 is 0 Å². The summed E-state index contributed by atoms with van der Waals surface area (Å²) in [5, 5.41) is 3.61. The van der Waals surface area contributed by atoms with Crippen LogP contribution in [0.1, 0.15) is 38.2 Å². The fourth-order valence-corrected chi connectivity index (χ4v) is 2.08. The largest absolute Gasteiger partial charge is 0.399 e. The molecule has 0 saturated heterocycles. The fraction of sp³-hybridized carbons (Fsp3) is 0.571. The number of nitrogens with two attached hydrogens (primary N) is 1. The lowest BCUT2D eigenvalue weighted by atomic mass is 10.1. The van der Waals surface area contributed by atoms with E-state index in [4.69, 9.17) is 5.73 Å². The molecule has 0 radical (unpaired) electrons. The van der Waals surface area contributed by atoms with Gasteiger partial charge in [-0.1, -0.05) is 19.8 Å². The predicted octanol–water partition coefficient (Wildman–Crippen LogP) is 3.57. The van der Waals surface area contributed by atoms with Crippen molar-refractivity contribution >= 4 is 11.4 Å². The van der Waals surface area contributed by atoms with Crippen LogP contribution >= 0.6 is 0 Å². The summed E-state index contributed by atoms with van der Waals surface area (Å²) in [7, 11) is 0. The fourth-order valence-electron chi connectivity index (χ4n) is 2.08. The first kappa shape index (κ1) is 11.3. The molecule has 1 aliphatic carbocycles. The molecular weight excluding hydrogens is 196 g/mol. The third kappa shape index (κ3) is 2.91. The second-order valence-electron chi connectivity index (χ2n) is 5.00. The van der Waals surface area contributed by atoms with Gasteiger partial charge in [-0.05, 0) is 49.4 Å². The third-order valence-corrected chi connectivity index (χ3v) is 3.45. The topological polar surface area (TPSA) is 38.0 Å². The molecule has 0 spiro atoms. The predicted molar refractivity (Wildman–Crippen MR) is 70.6 cm³/mol. The monoisotopic (exact) mass is 218 g/mol. The molecule has 1 unspecified atom stereocenters. The van der Waals surface area contributed by atoms with Gasteiger partial charge in [-0.3, -0.25) is 0 Å². The van der Waals surface area contributed by atoms with E-state index in [2.05, 4.69) is 31.3 Å². The quantitative estimate of drug-likeness (QED) is 0.741. The van der Waals surface area contributed by atoms with Gasteiger partial charge in [0.05, 0.1) is 0 Å². The SMILES string of the molecule is CCC(CC1CC1)Nc1ccc(N)c(C)c1. The molecule has 0 aromatic heterocycles. The second-order valence-corrected chi connectivity index (χ2v) is 5.00. The lowest BCUT2D eigenvalue weighted by molar-refractivity contribution is 0.587. The smallest absolute Gasteiger partial charge is 0.0346 e. The minimum absolute atomic E-state index is 0.621. The van der Waals surface area contributed by atoms with Crippen LogP contribution in [0.2, 0.25) is 0 Å². The standard InChI is InChI=1S/C14H22N2/c1-3-12(9-11-4-5-11)16-13-6-7-14(15)10(2)8-13/h6-8,11-12,16H,3-5,9,15H2,1-2H3. The molecule has 1 aromatic carbocycles. The van der Waals surface area contributed by atoms with E-state index in [1.54, 1.807) is 0 Å². The van der Waals surface area contributed by atoms with Crippen LogP contribution in [0.3, 0.4) is 0 Å². The summed E-state index contributed by atoms with van der Waals surface area (Å²) < 4.78 is 0. The van der Waals surface area contributed by atoms with Gasteiger partial charge in [-0.2, -0.15) is 0 Å². The third-order valence-electron chi connectivity index (χ3n) is 3.45. The van der Waals surface area contributed by atoms with Gasteiger partial charge < -0.3 is 11.1 Å². The van der Waals surface area contributed by atoms with E-state index in [0.29, 0.717) is 6.04 Å². The maximum Gasteiger partial charge on any atom is 0.0346 e. The Morgan fingerprint density at radius 3 is 2.75 bits per heavy atom. The van der Waals surface area contributed by atoms with E-state index in [1.165, 1.54) is 31.4 Å². The van der Waals surface area contributed by atoms with Crippen molar-refractivity contribution < 1.29 is 0 Å². The number of hydrogen-bond acceptors (Lipinski definition) is 2. The molecule has 16 heavy (non-hydrogen) atoms. The van der Waals surface area contributed by atoms with Crippen LogP contribution in [0.5, 0.6) is 0 Å². The van der Waals surface area contributed by atoms with Crippen LogP contribution in [0.15, 0.2) is 18.2 Å². The molecule has 1 fully saturated rings. The van der Waals surface area contributed by atoms with Crippen LogP contribution in [-0.4, -0.2) is 6.04 Å².